The number of amides is 1. The van der Waals surface area contributed by atoms with Crippen molar-refractivity contribution in [3.05, 3.63) is 51.7 Å². The second-order valence-corrected chi connectivity index (χ2v) is 7.70. The van der Waals surface area contributed by atoms with Crippen LogP contribution in [0.1, 0.15) is 33.9 Å². The van der Waals surface area contributed by atoms with Crippen LogP contribution < -0.4 is 10.6 Å². The van der Waals surface area contributed by atoms with Gasteiger partial charge in [0.2, 0.25) is 0 Å². The Morgan fingerprint density at radius 1 is 1.38 bits per heavy atom. The maximum absolute atomic E-state index is 13.8. The molecule has 1 fully saturated rings. The van der Waals surface area contributed by atoms with Gasteiger partial charge in [0.15, 0.2) is 0 Å². The van der Waals surface area contributed by atoms with Gasteiger partial charge in [0.05, 0.1) is 11.6 Å². The van der Waals surface area contributed by atoms with E-state index in [-0.39, 0.29) is 17.1 Å². The number of piperidine rings is 1. The number of nitrogens with zero attached hydrogens (tertiary/aromatic N) is 1. The molecule has 2 heterocycles. The molecular weight excluding hydrogens is 353 g/mol. The molecule has 5 nitrogen and oxygen atoms in total. The number of halogens is 1. The first kappa shape index (κ1) is 18.9. The first-order valence-corrected chi connectivity index (χ1v) is 9.65. The largest absolute Gasteiger partial charge is 0.384 e. The van der Waals surface area contributed by atoms with Crippen LogP contribution in [0.5, 0.6) is 0 Å². The lowest BCUT2D eigenvalue weighted by molar-refractivity contribution is 0.0511. The Hall–Kier alpha value is -1.83. The standard InChI is InChI=1S/C19H24FN3O2S/c1-25-13-19(6-8-21-9-7-19)12-22-18(24)16-11-26-17(23-16)10-14-4-2-3-5-15(14)20/h2-5,11,21H,6-10,12-13H2,1H3,(H,22,24). The Balaban J connectivity index is 1.60. The van der Waals surface area contributed by atoms with Crippen molar-refractivity contribution in [2.75, 3.05) is 33.4 Å². The number of hydrogen-bond acceptors (Lipinski definition) is 5. The topological polar surface area (TPSA) is 63.2 Å². The molecule has 0 radical (unpaired) electrons. The number of carbonyl (C=O) groups excluding carboxylic acids is 1. The first-order chi connectivity index (χ1) is 12.6. The molecule has 1 aliphatic heterocycles. The Bertz CT molecular complexity index is 738. The quantitative estimate of drug-likeness (QED) is 0.779. The highest BCUT2D eigenvalue weighted by Gasteiger charge is 2.32. The first-order valence-electron chi connectivity index (χ1n) is 8.78. The van der Waals surface area contributed by atoms with Gasteiger partial charge in [0.25, 0.3) is 5.91 Å². The summed E-state index contributed by atoms with van der Waals surface area (Å²) in [6.07, 6.45) is 2.33. The Kier molecular flexibility index (Phi) is 6.34. The van der Waals surface area contributed by atoms with Crippen LogP contribution in [0, 0.1) is 11.2 Å². The van der Waals surface area contributed by atoms with E-state index in [4.69, 9.17) is 4.74 Å². The highest BCUT2D eigenvalue weighted by molar-refractivity contribution is 7.09. The summed E-state index contributed by atoms with van der Waals surface area (Å²) in [5, 5.41) is 8.81. The molecule has 7 heteroatoms. The highest BCUT2D eigenvalue weighted by atomic mass is 32.1. The minimum atomic E-state index is -0.249. The summed E-state index contributed by atoms with van der Waals surface area (Å²) in [4.78, 5) is 16.8. The number of methoxy groups -OCH3 is 1. The molecule has 0 bridgehead atoms. The maximum Gasteiger partial charge on any atom is 0.270 e. The number of rotatable bonds is 7. The van der Waals surface area contributed by atoms with E-state index in [2.05, 4.69) is 15.6 Å². The van der Waals surface area contributed by atoms with E-state index in [1.54, 1.807) is 30.7 Å². The van der Waals surface area contributed by atoms with Gasteiger partial charge in [-0.3, -0.25) is 4.79 Å². The van der Waals surface area contributed by atoms with Gasteiger partial charge in [0.1, 0.15) is 11.5 Å². The lowest BCUT2D eigenvalue weighted by atomic mass is 9.79. The van der Waals surface area contributed by atoms with Gasteiger partial charge in [-0.25, -0.2) is 9.37 Å². The Morgan fingerprint density at radius 3 is 2.88 bits per heavy atom. The summed E-state index contributed by atoms with van der Waals surface area (Å²) in [6, 6.07) is 6.64. The lowest BCUT2D eigenvalue weighted by Gasteiger charge is -2.37. The number of aromatic nitrogens is 1. The van der Waals surface area contributed by atoms with Gasteiger partial charge in [0, 0.05) is 30.9 Å². The molecular formula is C19H24FN3O2S. The van der Waals surface area contributed by atoms with E-state index >= 15 is 0 Å². The number of benzene rings is 1. The van der Waals surface area contributed by atoms with Crippen LogP contribution in [-0.4, -0.2) is 44.2 Å². The zero-order chi connectivity index (χ0) is 18.4. The van der Waals surface area contributed by atoms with Crippen LogP contribution >= 0.6 is 11.3 Å². The molecule has 140 valence electrons. The van der Waals surface area contributed by atoms with Crippen LogP contribution in [0.25, 0.3) is 0 Å². The fourth-order valence-corrected chi connectivity index (χ4v) is 4.09. The van der Waals surface area contributed by atoms with Crippen LogP contribution in [0.4, 0.5) is 4.39 Å². The molecule has 26 heavy (non-hydrogen) atoms. The molecule has 0 atom stereocenters. The van der Waals surface area contributed by atoms with Crippen molar-refractivity contribution in [1.29, 1.82) is 0 Å². The molecule has 0 saturated carbocycles. The van der Waals surface area contributed by atoms with Gasteiger partial charge >= 0.3 is 0 Å². The number of ether oxygens (including phenoxy) is 1. The van der Waals surface area contributed by atoms with Crippen molar-refractivity contribution < 1.29 is 13.9 Å². The van der Waals surface area contributed by atoms with Crippen molar-refractivity contribution in [3.8, 4) is 0 Å². The molecule has 2 N–H and O–H groups in total. The van der Waals surface area contributed by atoms with E-state index in [0.29, 0.717) is 30.8 Å². The molecule has 0 unspecified atom stereocenters. The predicted octanol–water partition coefficient (Wildman–Crippen LogP) is 2.62. The lowest BCUT2D eigenvalue weighted by Crippen LogP contribution is -2.47. The second kappa shape index (κ2) is 8.70. The predicted molar refractivity (Wildman–Crippen MR) is 100 cm³/mol. The van der Waals surface area contributed by atoms with Crippen molar-refractivity contribution in [1.82, 2.24) is 15.6 Å². The molecule has 1 aromatic carbocycles. The molecule has 2 aromatic rings. The van der Waals surface area contributed by atoms with Crippen molar-refractivity contribution in [2.24, 2.45) is 5.41 Å². The molecule has 1 amide bonds. The van der Waals surface area contributed by atoms with Gasteiger partial charge in [-0.05, 0) is 37.6 Å². The molecule has 0 aliphatic carbocycles. The van der Waals surface area contributed by atoms with E-state index in [1.807, 2.05) is 0 Å². The average Bonchev–Trinajstić information content (AvgIpc) is 3.11. The smallest absolute Gasteiger partial charge is 0.270 e. The van der Waals surface area contributed by atoms with E-state index < -0.39 is 0 Å². The summed E-state index contributed by atoms with van der Waals surface area (Å²) < 4.78 is 19.1. The fraction of sp³-hybridized carbons (Fsp3) is 0.474. The zero-order valence-corrected chi connectivity index (χ0v) is 15.7. The number of hydrogen-bond donors (Lipinski definition) is 2. The third-order valence-electron chi connectivity index (χ3n) is 4.82. The average molecular weight is 377 g/mol. The Labute approximate surface area is 157 Å². The van der Waals surface area contributed by atoms with Gasteiger partial charge in [-0.2, -0.15) is 0 Å². The van der Waals surface area contributed by atoms with Crippen molar-refractivity contribution >= 4 is 17.2 Å². The third kappa shape index (κ3) is 4.66. The molecule has 1 aromatic heterocycles. The number of thiazole rings is 1. The van der Waals surface area contributed by atoms with Crippen LogP contribution in [0.3, 0.4) is 0 Å². The molecule has 1 aliphatic rings. The van der Waals surface area contributed by atoms with E-state index in [0.717, 1.165) is 30.9 Å². The summed E-state index contributed by atoms with van der Waals surface area (Å²) in [6.45, 7) is 3.07. The van der Waals surface area contributed by atoms with Gasteiger partial charge in [-0.1, -0.05) is 18.2 Å². The minimum absolute atomic E-state index is 0.0261. The normalized spacial score (nSPS) is 16.4. The maximum atomic E-state index is 13.8. The molecule has 1 saturated heterocycles. The Morgan fingerprint density at radius 2 is 2.15 bits per heavy atom. The van der Waals surface area contributed by atoms with Gasteiger partial charge in [-0.15, -0.1) is 11.3 Å². The van der Waals surface area contributed by atoms with Crippen molar-refractivity contribution in [3.63, 3.8) is 0 Å². The summed E-state index contributed by atoms with van der Waals surface area (Å²) >= 11 is 1.38. The minimum Gasteiger partial charge on any atom is -0.384 e. The number of carbonyl (C=O) groups is 1. The zero-order valence-electron chi connectivity index (χ0n) is 14.9. The number of nitrogens with one attached hydrogen (secondary N) is 2. The molecule has 3 rings (SSSR count). The van der Waals surface area contributed by atoms with Crippen LogP contribution in [-0.2, 0) is 11.2 Å². The third-order valence-corrected chi connectivity index (χ3v) is 5.67. The monoisotopic (exact) mass is 377 g/mol. The van der Waals surface area contributed by atoms with E-state index in [1.165, 1.54) is 17.4 Å². The summed E-state index contributed by atoms with van der Waals surface area (Å²) in [5.41, 5.74) is 0.951. The second-order valence-electron chi connectivity index (χ2n) is 6.76. The summed E-state index contributed by atoms with van der Waals surface area (Å²) in [5.74, 6) is -0.434. The fourth-order valence-electron chi connectivity index (χ4n) is 3.29. The summed E-state index contributed by atoms with van der Waals surface area (Å²) in [7, 11) is 1.70. The van der Waals surface area contributed by atoms with Crippen LogP contribution in [0.15, 0.2) is 29.6 Å². The molecule has 0 spiro atoms. The van der Waals surface area contributed by atoms with Crippen molar-refractivity contribution in [2.45, 2.75) is 19.3 Å². The van der Waals surface area contributed by atoms with Gasteiger partial charge < -0.3 is 15.4 Å². The highest BCUT2D eigenvalue weighted by Crippen LogP contribution is 2.28. The van der Waals surface area contributed by atoms with E-state index in [9.17, 15) is 9.18 Å². The SMILES string of the molecule is COCC1(CNC(=O)c2csc(Cc3ccccc3F)n2)CCNCC1. The van der Waals surface area contributed by atoms with Crippen LogP contribution in [0.2, 0.25) is 0 Å².